The molecule has 0 bridgehead atoms. The predicted octanol–water partition coefficient (Wildman–Crippen LogP) is 2.53. The van der Waals surface area contributed by atoms with Crippen molar-refractivity contribution in [1.82, 2.24) is 4.90 Å². The fraction of sp³-hybridized carbons (Fsp3) is 0.467. The Morgan fingerprint density at radius 2 is 2.10 bits per heavy atom. The van der Waals surface area contributed by atoms with E-state index in [1.165, 1.54) is 0 Å². The minimum absolute atomic E-state index is 0.130. The van der Waals surface area contributed by atoms with Gasteiger partial charge in [0.1, 0.15) is 5.92 Å². The van der Waals surface area contributed by atoms with Crippen molar-refractivity contribution >= 4 is 17.7 Å². The molecule has 1 aromatic carbocycles. The van der Waals surface area contributed by atoms with Gasteiger partial charge in [0.2, 0.25) is 0 Å². The number of aliphatic carboxylic acids is 1. The van der Waals surface area contributed by atoms with Crippen LogP contribution >= 0.6 is 0 Å². The van der Waals surface area contributed by atoms with E-state index in [1.807, 2.05) is 18.2 Å². The zero-order valence-electron chi connectivity index (χ0n) is 11.9. The van der Waals surface area contributed by atoms with Crippen LogP contribution in [0.2, 0.25) is 0 Å². The molecule has 1 atom stereocenters. The number of anilines is 1. The van der Waals surface area contributed by atoms with Crippen LogP contribution in [-0.4, -0.2) is 42.1 Å². The number of urea groups is 1. The number of carboxylic acids is 1. The second-order valence-electron chi connectivity index (χ2n) is 5.12. The molecule has 5 heteroatoms. The van der Waals surface area contributed by atoms with Crippen LogP contribution in [0.3, 0.4) is 0 Å². The number of nitrogens with zero attached hydrogens (tertiary/aromatic N) is 2. The first-order valence-corrected chi connectivity index (χ1v) is 6.90. The average Bonchev–Trinajstić information content (AvgIpc) is 2.83. The molecule has 0 saturated heterocycles. The number of carbonyl (C=O) groups excluding carboxylic acids is 1. The number of hydrogen-bond acceptors (Lipinski definition) is 2. The first-order chi connectivity index (χ1) is 9.56. The summed E-state index contributed by atoms with van der Waals surface area (Å²) in [4.78, 5) is 27.0. The molecule has 2 rings (SSSR count). The molecular weight excluding hydrogens is 256 g/mol. The molecule has 0 spiro atoms. The lowest BCUT2D eigenvalue weighted by atomic mass is 10.0. The number of hydrogen-bond donors (Lipinski definition) is 1. The Morgan fingerprint density at radius 3 is 2.75 bits per heavy atom. The van der Waals surface area contributed by atoms with E-state index < -0.39 is 11.9 Å². The Bertz CT molecular complexity index is 516. The maximum absolute atomic E-state index is 12.4. The van der Waals surface area contributed by atoms with Gasteiger partial charge in [-0.3, -0.25) is 9.69 Å². The number of fused-ring (bicyclic) bond motifs is 1. The molecule has 0 saturated carbocycles. The van der Waals surface area contributed by atoms with Crippen molar-refractivity contribution in [2.45, 2.75) is 25.7 Å². The summed E-state index contributed by atoms with van der Waals surface area (Å²) in [6, 6.07) is 7.10. The summed E-state index contributed by atoms with van der Waals surface area (Å²) in [6.45, 7) is 2.97. The van der Waals surface area contributed by atoms with Crippen LogP contribution in [0, 0.1) is 0 Å². The molecule has 1 unspecified atom stereocenters. The molecule has 0 aliphatic carbocycles. The first-order valence-electron chi connectivity index (χ1n) is 6.90. The second-order valence-corrected chi connectivity index (χ2v) is 5.12. The molecule has 0 aromatic heterocycles. The molecule has 1 aliphatic rings. The summed E-state index contributed by atoms with van der Waals surface area (Å²) in [5.41, 5.74) is 1.44. The summed E-state index contributed by atoms with van der Waals surface area (Å²) in [5.74, 6) is -1.52. The number of carbonyl (C=O) groups is 2. The van der Waals surface area contributed by atoms with Crippen molar-refractivity contribution in [2.24, 2.45) is 0 Å². The molecule has 0 radical (unpaired) electrons. The Hall–Kier alpha value is -2.04. The molecule has 108 valence electrons. The van der Waals surface area contributed by atoms with Gasteiger partial charge < -0.3 is 10.0 Å². The van der Waals surface area contributed by atoms with Crippen molar-refractivity contribution in [1.29, 1.82) is 0 Å². The topological polar surface area (TPSA) is 60.9 Å². The minimum atomic E-state index is -0.885. The molecule has 0 fully saturated rings. The zero-order chi connectivity index (χ0) is 14.7. The Balaban J connectivity index is 2.22. The molecule has 1 aliphatic heterocycles. The second kappa shape index (κ2) is 5.94. The van der Waals surface area contributed by atoms with E-state index in [9.17, 15) is 14.7 Å². The van der Waals surface area contributed by atoms with Gasteiger partial charge in [-0.05, 0) is 18.1 Å². The van der Waals surface area contributed by atoms with Crippen molar-refractivity contribution in [3.8, 4) is 0 Å². The lowest BCUT2D eigenvalue weighted by molar-refractivity contribution is -0.138. The normalized spacial score (nSPS) is 16.9. The number of amides is 2. The largest absolute Gasteiger partial charge is 0.481 e. The highest BCUT2D eigenvalue weighted by molar-refractivity contribution is 5.97. The van der Waals surface area contributed by atoms with Gasteiger partial charge in [-0.25, -0.2) is 4.79 Å². The van der Waals surface area contributed by atoms with Crippen LogP contribution in [0.4, 0.5) is 10.5 Å². The van der Waals surface area contributed by atoms with Crippen molar-refractivity contribution in [2.75, 3.05) is 25.0 Å². The maximum atomic E-state index is 12.4. The highest BCUT2D eigenvalue weighted by Gasteiger charge is 2.37. The lowest BCUT2D eigenvalue weighted by Gasteiger charge is -2.25. The van der Waals surface area contributed by atoms with E-state index in [-0.39, 0.29) is 12.6 Å². The van der Waals surface area contributed by atoms with Crippen LogP contribution in [-0.2, 0) is 4.79 Å². The van der Waals surface area contributed by atoms with Crippen LogP contribution in [0.15, 0.2) is 24.3 Å². The van der Waals surface area contributed by atoms with E-state index >= 15 is 0 Å². The van der Waals surface area contributed by atoms with Gasteiger partial charge in [-0.2, -0.15) is 0 Å². The standard InChI is InChI=1S/C15H20N2O3/c1-3-4-9-16(2)15(20)17-10-12(14(18)19)11-7-5-6-8-13(11)17/h5-8,12H,3-4,9-10H2,1-2H3,(H,18,19). The number of rotatable bonds is 4. The molecule has 1 N–H and O–H groups in total. The van der Waals surface area contributed by atoms with E-state index in [1.54, 1.807) is 22.9 Å². The maximum Gasteiger partial charge on any atom is 0.324 e. The van der Waals surface area contributed by atoms with Gasteiger partial charge in [0.25, 0.3) is 0 Å². The molecule has 5 nitrogen and oxygen atoms in total. The number of para-hydroxylation sites is 1. The van der Waals surface area contributed by atoms with Crippen LogP contribution in [0.25, 0.3) is 0 Å². The lowest BCUT2D eigenvalue weighted by Crippen LogP contribution is -2.41. The van der Waals surface area contributed by atoms with Gasteiger partial charge >= 0.3 is 12.0 Å². The highest BCUT2D eigenvalue weighted by atomic mass is 16.4. The summed E-state index contributed by atoms with van der Waals surface area (Å²) in [7, 11) is 1.76. The summed E-state index contributed by atoms with van der Waals surface area (Å²) in [5, 5.41) is 9.29. The number of benzene rings is 1. The number of carboxylic acid groups (broad SMARTS) is 1. The van der Waals surface area contributed by atoms with Gasteiger partial charge in [0.15, 0.2) is 0 Å². The van der Waals surface area contributed by atoms with Crippen molar-refractivity contribution in [3.63, 3.8) is 0 Å². The molecule has 20 heavy (non-hydrogen) atoms. The van der Waals surface area contributed by atoms with Gasteiger partial charge in [-0.15, -0.1) is 0 Å². The van der Waals surface area contributed by atoms with E-state index in [4.69, 9.17) is 0 Å². The van der Waals surface area contributed by atoms with Gasteiger partial charge in [-0.1, -0.05) is 31.5 Å². The third-order valence-electron chi connectivity index (χ3n) is 3.67. The first kappa shape index (κ1) is 14.4. The van der Waals surface area contributed by atoms with E-state index in [2.05, 4.69) is 6.92 Å². The fourth-order valence-corrected chi connectivity index (χ4v) is 2.50. The SMILES string of the molecule is CCCCN(C)C(=O)N1CC(C(=O)O)c2ccccc21. The quantitative estimate of drug-likeness (QED) is 0.919. The molecule has 2 amide bonds. The van der Waals surface area contributed by atoms with Crippen molar-refractivity contribution < 1.29 is 14.7 Å². The van der Waals surface area contributed by atoms with Gasteiger partial charge in [0, 0.05) is 25.8 Å². The smallest absolute Gasteiger partial charge is 0.324 e. The minimum Gasteiger partial charge on any atom is -0.481 e. The van der Waals surface area contributed by atoms with E-state index in [0.717, 1.165) is 18.4 Å². The summed E-state index contributed by atoms with van der Waals surface area (Å²) in [6.07, 6.45) is 1.96. The molecule has 1 heterocycles. The fourth-order valence-electron chi connectivity index (χ4n) is 2.50. The number of unbranched alkanes of at least 4 members (excludes halogenated alkanes) is 1. The summed E-state index contributed by atoms with van der Waals surface area (Å²) < 4.78 is 0. The van der Waals surface area contributed by atoms with Crippen LogP contribution in [0.5, 0.6) is 0 Å². The van der Waals surface area contributed by atoms with Crippen LogP contribution < -0.4 is 4.90 Å². The monoisotopic (exact) mass is 276 g/mol. The average molecular weight is 276 g/mol. The highest BCUT2D eigenvalue weighted by Crippen LogP contribution is 2.36. The van der Waals surface area contributed by atoms with Crippen LogP contribution in [0.1, 0.15) is 31.2 Å². The van der Waals surface area contributed by atoms with Gasteiger partial charge in [0.05, 0.1) is 0 Å². The molecule has 1 aromatic rings. The Morgan fingerprint density at radius 1 is 1.40 bits per heavy atom. The summed E-state index contributed by atoms with van der Waals surface area (Å²) >= 11 is 0. The Kier molecular flexibility index (Phi) is 4.27. The zero-order valence-corrected chi connectivity index (χ0v) is 11.9. The van der Waals surface area contributed by atoms with E-state index in [0.29, 0.717) is 12.2 Å². The predicted molar refractivity (Wildman–Crippen MR) is 77.1 cm³/mol. The van der Waals surface area contributed by atoms with Crippen molar-refractivity contribution in [3.05, 3.63) is 29.8 Å². The Labute approximate surface area is 118 Å². The third-order valence-corrected chi connectivity index (χ3v) is 3.67. The molecular formula is C15H20N2O3. The third kappa shape index (κ3) is 2.61.